The maximum absolute atomic E-state index is 11.0. The molecule has 0 saturated heterocycles. The Labute approximate surface area is 129 Å². The number of ether oxygens (including phenoxy) is 1. The average molecular weight is 388 g/mol. The summed E-state index contributed by atoms with van der Waals surface area (Å²) in [6.45, 7) is 0.381. The molecule has 98 valence electrons. The highest BCUT2D eigenvalue weighted by Gasteiger charge is 2.07. The summed E-state index contributed by atoms with van der Waals surface area (Å²) in [5, 5.41) is 0.672. The predicted molar refractivity (Wildman–Crippen MR) is 83.5 cm³/mol. The molecule has 0 aromatic heterocycles. The molecule has 0 bridgehead atoms. The highest BCUT2D eigenvalue weighted by molar-refractivity contribution is 14.1. The van der Waals surface area contributed by atoms with Crippen LogP contribution in [0.1, 0.15) is 15.9 Å². The molecule has 2 rings (SSSR count). The first kappa shape index (κ1) is 14.1. The Kier molecular flexibility index (Phi) is 4.66. The summed E-state index contributed by atoms with van der Waals surface area (Å²) in [4.78, 5) is 11.0. The summed E-state index contributed by atoms with van der Waals surface area (Å²) in [5.41, 5.74) is 6.60. The Balaban J connectivity index is 2.12. The molecule has 0 unspecified atom stereocenters. The zero-order valence-electron chi connectivity index (χ0n) is 9.90. The molecule has 0 fully saturated rings. The summed E-state index contributed by atoms with van der Waals surface area (Å²) in [7, 11) is 0. The lowest BCUT2D eigenvalue weighted by molar-refractivity contribution is 0.1000. The van der Waals surface area contributed by atoms with Crippen molar-refractivity contribution in [3.63, 3.8) is 0 Å². The van der Waals surface area contributed by atoms with Crippen molar-refractivity contribution in [2.45, 2.75) is 6.61 Å². The molecule has 0 aliphatic heterocycles. The van der Waals surface area contributed by atoms with Gasteiger partial charge in [-0.3, -0.25) is 4.79 Å². The molecule has 2 aromatic carbocycles. The number of primary amides is 1. The molecule has 2 N–H and O–H groups in total. The molecular formula is C14H11ClINO2. The molecule has 0 heterocycles. The third-order valence-electron chi connectivity index (χ3n) is 2.56. The van der Waals surface area contributed by atoms with Gasteiger partial charge in [-0.15, -0.1) is 0 Å². The smallest absolute Gasteiger partial charge is 0.248 e. The number of hydrogen-bond donors (Lipinski definition) is 1. The lowest BCUT2D eigenvalue weighted by Gasteiger charge is -2.10. The molecule has 1 amide bonds. The number of benzene rings is 2. The zero-order valence-corrected chi connectivity index (χ0v) is 12.8. The summed E-state index contributed by atoms with van der Waals surface area (Å²) in [6, 6.07) is 12.6. The molecule has 5 heteroatoms. The molecule has 0 aliphatic rings. The number of carbonyl (C=O) groups is 1. The molecule has 0 saturated carbocycles. The maximum atomic E-state index is 11.0. The molecule has 3 nitrogen and oxygen atoms in total. The first-order chi connectivity index (χ1) is 9.08. The second kappa shape index (κ2) is 6.25. The Bertz CT molecular complexity index is 616. The fourth-order valence-corrected chi connectivity index (χ4v) is 2.40. The number of halogens is 2. The number of nitrogens with two attached hydrogens (primary N) is 1. The van der Waals surface area contributed by atoms with Crippen molar-refractivity contribution in [1.82, 2.24) is 0 Å². The van der Waals surface area contributed by atoms with Crippen LogP contribution in [0.3, 0.4) is 0 Å². The predicted octanol–water partition coefficient (Wildman–Crippen LogP) is 3.62. The van der Waals surface area contributed by atoms with Crippen molar-refractivity contribution in [3.05, 3.63) is 62.2 Å². The quantitative estimate of drug-likeness (QED) is 0.815. The number of rotatable bonds is 4. The molecule has 19 heavy (non-hydrogen) atoms. The van der Waals surface area contributed by atoms with E-state index in [-0.39, 0.29) is 0 Å². The van der Waals surface area contributed by atoms with Crippen LogP contribution in [0, 0.1) is 3.57 Å². The fourth-order valence-electron chi connectivity index (χ4n) is 1.54. The minimum Gasteiger partial charge on any atom is -0.488 e. The molecule has 0 radical (unpaired) electrons. The van der Waals surface area contributed by atoms with E-state index in [2.05, 4.69) is 22.6 Å². The second-order valence-corrected chi connectivity index (χ2v) is 5.46. The van der Waals surface area contributed by atoms with Crippen LogP contribution in [-0.4, -0.2) is 5.91 Å². The lowest BCUT2D eigenvalue weighted by Crippen LogP contribution is -2.11. The number of amides is 1. The summed E-state index contributed by atoms with van der Waals surface area (Å²) in [6.07, 6.45) is 0. The summed E-state index contributed by atoms with van der Waals surface area (Å²) < 4.78 is 6.53. The monoisotopic (exact) mass is 387 g/mol. The van der Waals surface area contributed by atoms with Gasteiger partial charge in [0, 0.05) is 16.1 Å². The first-order valence-electron chi connectivity index (χ1n) is 5.53. The highest BCUT2D eigenvalue weighted by Crippen LogP contribution is 2.24. The fraction of sp³-hybridized carbons (Fsp3) is 0.0714. The van der Waals surface area contributed by atoms with Crippen molar-refractivity contribution in [1.29, 1.82) is 0 Å². The number of hydrogen-bond acceptors (Lipinski definition) is 2. The standard InChI is InChI=1S/C14H11ClINO2/c15-11-4-2-1-3-10(11)8-19-13-6-5-9(14(17)18)7-12(13)16/h1-7H,8H2,(H2,17,18). The van der Waals surface area contributed by atoms with Gasteiger partial charge in [-0.25, -0.2) is 0 Å². The molecule has 0 spiro atoms. The molecular weight excluding hydrogens is 377 g/mol. The van der Waals surface area contributed by atoms with E-state index in [0.29, 0.717) is 22.9 Å². The van der Waals surface area contributed by atoms with Gasteiger partial charge in [0.1, 0.15) is 12.4 Å². The van der Waals surface area contributed by atoms with E-state index in [1.165, 1.54) is 0 Å². The normalized spacial score (nSPS) is 10.2. The van der Waals surface area contributed by atoms with Gasteiger partial charge in [0.15, 0.2) is 0 Å². The maximum Gasteiger partial charge on any atom is 0.248 e. The van der Waals surface area contributed by atoms with Crippen LogP contribution >= 0.6 is 34.2 Å². The number of carbonyl (C=O) groups excluding carboxylic acids is 1. The zero-order chi connectivity index (χ0) is 13.8. The van der Waals surface area contributed by atoms with Crippen LogP contribution in [0.5, 0.6) is 5.75 Å². The Morgan fingerprint density at radius 3 is 2.63 bits per heavy atom. The van der Waals surface area contributed by atoms with Crippen molar-refractivity contribution in [3.8, 4) is 5.75 Å². The van der Waals surface area contributed by atoms with Crippen LogP contribution in [0.15, 0.2) is 42.5 Å². The van der Waals surface area contributed by atoms with Gasteiger partial charge in [-0.1, -0.05) is 29.8 Å². The lowest BCUT2D eigenvalue weighted by atomic mass is 10.2. The van der Waals surface area contributed by atoms with E-state index in [4.69, 9.17) is 22.1 Å². The van der Waals surface area contributed by atoms with Gasteiger partial charge in [0.25, 0.3) is 0 Å². The van der Waals surface area contributed by atoms with Crippen LogP contribution < -0.4 is 10.5 Å². The minimum absolute atomic E-state index is 0.381. The largest absolute Gasteiger partial charge is 0.488 e. The van der Waals surface area contributed by atoms with Crippen LogP contribution in [0.2, 0.25) is 5.02 Å². The van der Waals surface area contributed by atoms with Crippen LogP contribution in [-0.2, 0) is 6.61 Å². The van der Waals surface area contributed by atoms with Gasteiger partial charge in [-0.05, 0) is 46.9 Å². The Hall–Kier alpha value is -1.27. The van der Waals surface area contributed by atoms with Gasteiger partial charge in [0.05, 0.1) is 3.57 Å². The summed E-state index contributed by atoms with van der Waals surface area (Å²) in [5.74, 6) is 0.251. The first-order valence-corrected chi connectivity index (χ1v) is 6.99. The van der Waals surface area contributed by atoms with Gasteiger partial charge in [0.2, 0.25) is 5.91 Å². The Morgan fingerprint density at radius 2 is 2.00 bits per heavy atom. The van der Waals surface area contributed by atoms with Crippen molar-refractivity contribution in [2.24, 2.45) is 5.73 Å². The third-order valence-corrected chi connectivity index (χ3v) is 3.77. The topological polar surface area (TPSA) is 52.3 Å². The Morgan fingerprint density at radius 1 is 1.26 bits per heavy atom. The van der Waals surface area contributed by atoms with Gasteiger partial charge in [-0.2, -0.15) is 0 Å². The van der Waals surface area contributed by atoms with Crippen molar-refractivity contribution in [2.75, 3.05) is 0 Å². The van der Waals surface area contributed by atoms with Crippen molar-refractivity contribution >= 4 is 40.1 Å². The van der Waals surface area contributed by atoms with E-state index >= 15 is 0 Å². The van der Waals surface area contributed by atoms with E-state index in [1.54, 1.807) is 18.2 Å². The van der Waals surface area contributed by atoms with Crippen LogP contribution in [0.25, 0.3) is 0 Å². The highest BCUT2D eigenvalue weighted by atomic mass is 127. The molecule has 0 aliphatic carbocycles. The van der Waals surface area contributed by atoms with E-state index in [0.717, 1.165) is 9.13 Å². The average Bonchev–Trinajstić information content (AvgIpc) is 2.39. The molecule has 0 atom stereocenters. The van der Waals surface area contributed by atoms with Gasteiger partial charge >= 0.3 is 0 Å². The summed E-state index contributed by atoms with van der Waals surface area (Å²) >= 11 is 8.16. The SMILES string of the molecule is NC(=O)c1ccc(OCc2ccccc2Cl)c(I)c1. The minimum atomic E-state index is -0.449. The van der Waals surface area contributed by atoms with Crippen LogP contribution in [0.4, 0.5) is 0 Å². The van der Waals surface area contributed by atoms with Gasteiger partial charge < -0.3 is 10.5 Å². The van der Waals surface area contributed by atoms with E-state index in [9.17, 15) is 4.79 Å². The molecule has 2 aromatic rings. The third kappa shape index (κ3) is 3.61. The van der Waals surface area contributed by atoms with Crippen molar-refractivity contribution < 1.29 is 9.53 Å². The second-order valence-electron chi connectivity index (χ2n) is 3.89. The van der Waals surface area contributed by atoms with E-state index in [1.807, 2.05) is 24.3 Å². The van der Waals surface area contributed by atoms with E-state index < -0.39 is 5.91 Å².